The highest BCUT2D eigenvalue weighted by atomic mass is 19.3. The topological polar surface area (TPSA) is 35.5 Å². The van der Waals surface area contributed by atoms with Gasteiger partial charge in [-0.2, -0.15) is 0 Å². The number of hydrogen-bond acceptors (Lipinski definition) is 3. The van der Waals surface area contributed by atoms with Crippen LogP contribution in [0.3, 0.4) is 0 Å². The number of para-hydroxylation sites is 1. The van der Waals surface area contributed by atoms with Gasteiger partial charge in [0.25, 0.3) is 6.43 Å². The highest BCUT2D eigenvalue weighted by Gasteiger charge is 2.17. The van der Waals surface area contributed by atoms with Gasteiger partial charge in [0.1, 0.15) is 0 Å². The number of benzene rings is 1. The molecule has 5 heteroatoms. The molecule has 0 aliphatic heterocycles. The van der Waals surface area contributed by atoms with E-state index < -0.39 is 6.43 Å². The van der Waals surface area contributed by atoms with Gasteiger partial charge < -0.3 is 15.3 Å². The number of hydrogen-bond donors (Lipinski definition) is 2. The molecule has 0 bridgehead atoms. The molecule has 0 fully saturated rings. The first-order chi connectivity index (χ1) is 8.60. The first-order valence-electron chi connectivity index (χ1n) is 6.00. The maximum Gasteiger partial charge on any atom is 0.255 e. The number of alkyl halides is 2. The number of nitrogens with one attached hydrogen (secondary N) is 1. The van der Waals surface area contributed by atoms with Crippen LogP contribution in [0.5, 0.6) is 0 Å². The van der Waals surface area contributed by atoms with Gasteiger partial charge in [-0.1, -0.05) is 18.2 Å². The van der Waals surface area contributed by atoms with Crippen molar-refractivity contribution < 1.29 is 13.9 Å². The van der Waals surface area contributed by atoms with E-state index in [0.717, 1.165) is 11.3 Å². The van der Waals surface area contributed by atoms with E-state index in [1.165, 1.54) is 4.90 Å². The second-order valence-electron chi connectivity index (χ2n) is 4.13. The molecule has 102 valence electrons. The number of halogens is 2. The summed E-state index contributed by atoms with van der Waals surface area (Å²) in [6.45, 7) is 1.67. The minimum absolute atomic E-state index is 0.0695. The molecule has 0 amide bonds. The molecule has 0 spiro atoms. The first-order valence-corrected chi connectivity index (χ1v) is 6.00. The largest absolute Gasteiger partial charge is 0.395 e. The maximum absolute atomic E-state index is 12.6. The van der Waals surface area contributed by atoms with Crippen LogP contribution >= 0.6 is 0 Å². The molecule has 18 heavy (non-hydrogen) atoms. The molecule has 0 aliphatic rings. The van der Waals surface area contributed by atoms with Crippen LogP contribution in [0.4, 0.5) is 14.5 Å². The van der Waals surface area contributed by atoms with Crippen LogP contribution in [0.1, 0.15) is 18.5 Å². The Balaban J connectivity index is 3.02. The van der Waals surface area contributed by atoms with Crippen LogP contribution in [-0.2, 0) is 0 Å². The van der Waals surface area contributed by atoms with Crippen LogP contribution in [0.15, 0.2) is 24.3 Å². The van der Waals surface area contributed by atoms with Gasteiger partial charge in [-0.25, -0.2) is 8.78 Å². The van der Waals surface area contributed by atoms with Crippen LogP contribution in [0.2, 0.25) is 0 Å². The lowest BCUT2D eigenvalue weighted by Crippen LogP contribution is -2.33. The second-order valence-corrected chi connectivity index (χ2v) is 4.13. The molecule has 1 aromatic rings. The Morgan fingerprint density at radius 3 is 2.56 bits per heavy atom. The first kappa shape index (κ1) is 14.9. The zero-order valence-electron chi connectivity index (χ0n) is 10.7. The third-order valence-electron chi connectivity index (χ3n) is 2.91. The summed E-state index contributed by atoms with van der Waals surface area (Å²) in [4.78, 5) is 1.52. The number of aliphatic hydroxyl groups excluding tert-OH is 1. The monoisotopic (exact) mass is 258 g/mol. The fourth-order valence-corrected chi connectivity index (χ4v) is 1.89. The Morgan fingerprint density at radius 2 is 2.00 bits per heavy atom. The standard InChI is InChI=1S/C13H20F2N2O/c1-10(16-2)11-5-3-4-6-12(11)17(7-8-18)9-13(14)15/h3-6,10,13,16,18H,7-9H2,1-2H3. The van der Waals surface area contributed by atoms with E-state index in [1.807, 2.05) is 32.2 Å². The van der Waals surface area contributed by atoms with E-state index in [9.17, 15) is 8.78 Å². The van der Waals surface area contributed by atoms with Gasteiger partial charge in [-0.05, 0) is 25.6 Å². The molecule has 1 aromatic carbocycles. The Hall–Kier alpha value is -1.20. The van der Waals surface area contributed by atoms with Crippen LogP contribution in [-0.4, -0.2) is 38.3 Å². The summed E-state index contributed by atoms with van der Waals surface area (Å²) < 4.78 is 25.1. The van der Waals surface area contributed by atoms with E-state index in [1.54, 1.807) is 6.07 Å². The molecule has 2 N–H and O–H groups in total. The lowest BCUT2D eigenvalue weighted by Gasteiger charge is -2.28. The third kappa shape index (κ3) is 3.92. The van der Waals surface area contributed by atoms with Crippen molar-refractivity contribution in [3.8, 4) is 0 Å². The summed E-state index contributed by atoms with van der Waals surface area (Å²) >= 11 is 0. The number of nitrogens with zero attached hydrogens (tertiary/aromatic N) is 1. The SMILES string of the molecule is CNC(C)c1ccccc1N(CCO)CC(F)F. The molecule has 3 nitrogen and oxygen atoms in total. The van der Waals surface area contributed by atoms with Gasteiger partial charge in [0.15, 0.2) is 0 Å². The lowest BCUT2D eigenvalue weighted by atomic mass is 10.1. The molecule has 0 radical (unpaired) electrons. The summed E-state index contributed by atoms with van der Waals surface area (Å²) in [7, 11) is 1.82. The Morgan fingerprint density at radius 1 is 1.33 bits per heavy atom. The Bertz CT molecular complexity index is 361. The zero-order chi connectivity index (χ0) is 13.5. The van der Waals surface area contributed by atoms with E-state index >= 15 is 0 Å². The van der Waals surface area contributed by atoms with Crippen LogP contribution in [0.25, 0.3) is 0 Å². The molecule has 1 atom stereocenters. The van der Waals surface area contributed by atoms with E-state index in [2.05, 4.69) is 5.32 Å². The number of rotatable bonds is 7. The van der Waals surface area contributed by atoms with Crippen LogP contribution in [0, 0.1) is 0 Å². The summed E-state index contributed by atoms with van der Waals surface area (Å²) in [6, 6.07) is 7.48. The van der Waals surface area contributed by atoms with Gasteiger partial charge in [0.2, 0.25) is 0 Å². The van der Waals surface area contributed by atoms with E-state index in [0.29, 0.717) is 0 Å². The van der Waals surface area contributed by atoms with Crippen molar-refractivity contribution in [1.82, 2.24) is 5.32 Å². The Labute approximate surface area is 106 Å². The fourth-order valence-electron chi connectivity index (χ4n) is 1.89. The fraction of sp³-hybridized carbons (Fsp3) is 0.538. The van der Waals surface area contributed by atoms with Gasteiger partial charge in [-0.15, -0.1) is 0 Å². The van der Waals surface area contributed by atoms with Gasteiger partial charge >= 0.3 is 0 Å². The molecule has 0 aliphatic carbocycles. The summed E-state index contributed by atoms with van der Waals surface area (Å²) in [6.07, 6.45) is -2.42. The highest BCUT2D eigenvalue weighted by molar-refractivity contribution is 5.55. The van der Waals surface area contributed by atoms with Crippen molar-refractivity contribution in [2.24, 2.45) is 0 Å². The molecule has 1 unspecified atom stereocenters. The average molecular weight is 258 g/mol. The number of aliphatic hydroxyl groups is 1. The van der Waals surface area contributed by atoms with Gasteiger partial charge in [0.05, 0.1) is 13.2 Å². The molecule has 0 aromatic heterocycles. The van der Waals surface area contributed by atoms with Gasteiger partial charge in [0, 0.05) is 18.3 Å². The summed E-state index contributed by atoms with van der Waals surface area (Å²) in [5.74, 6) is 0. The lowest BCUT2D eigenvalue weighted by molar-refractivity contribution is 0.152. The second kappa shape index (κ2) is 7.28. The minimum atomic E-state index is -2.42. The highest BCUT2D eigenvalue weighted by Crippen LogP contribution is 2.26. The molecule has 0 heterocycles. The quantitative estimate of drug-likeness (QED) is 0.785. The summed E-state index contributed by atoms with van der Waals surface area (Å²) in [5, 5.41) is 12.1. The summed E-state index contributed by atoms with van der Waals surface area (Å²) in [5.41, 5.74) is 1.70. The van der Waals surface area contributed by atoms with Crippen molar-refractivity contribution in [2.45, 2.75) is 19.4 Å². The molecule has 0 saturated carbocycles. The van der Waals surface area contributed by atoms with Crippen LogP contribution < -0.4 is 10.2 Å². The normalized spacial score (nSPS) is 12.8. The van der Waals surface area contributed by atoms with Crippen molar-refractivity contribution in [2.75, 3.05) is 31.6 Å². The molecular formula is C13H20F2N2O. The molecule has 1 rings (SSSR count). The predicted octanol–water partition coefficient (Wildman–Crippen LogP) is 2.03. The van der Waals surface area contributed by atoms with Gasteiger partial charge in [-0.3, -0.25) is 0 Å². The minimum Gasteiger partial charge on any atom is -0.395 e. The van der Waals surface area contributed by atoms with Crippen molar-refractivity contribution in [3.05, 3.63) is 29.8 Å². The van der Waals surface area contributed by atoms with E-state index in [4.69, 9.17) is 5.11 Å². The van der Waals surface area contributed by atoms with Crippen molar-refractivity contribution in [3.63, 3.8) is 0 Å². The van der Waals surface area contributed by atoms with Crippen molar-refractivity contribution in [1.29, 1.82) is 0 Å². The Kier molecular flexibility index (Phi) is 6.01. The molecular weight excluding hydrogens is 238 g/mol. The smallest absolute Gasteiger partial charge is 0.255 e. The van der Waals surface area contributed by atoms with E-state index in [-0.39, 0.29) is 25.7 Å². The predicted molar refractivity (Wildman–Crippen MR) is 69.2 cm³/mol. The zero-order valence-corrected chi connectivity index (χ0v) is 10.7. The van der Waals surface area contributed by atoms with Crippen molar-refractivity contribution >= 4 is 5.69 Å². The number of anilines is 1. The molecule has 0 saturated heterocycles. The third-order valence-corrected chi connectivity index (χ3v) is 2.91. The average Bonchev–Trinajstić information content (AvgIpc) is 2.37. The maximum atomic E-state index is 12.6.